The van der Waals surface area contributed by atoms with Crippen LogP contribution in [-0.2, 0) is 4.74 Å². The van der Waals surface area contributed by atoms with Gasteiger partial charge in [0.15, 0.2) is 17.8 Å². The SMILES string of the molecule is CNC(C)CNC(=O)c1ncoc1C1CCCO1.Cl.Cl. The summed E-state index contributed by atoms with van der Waals surface area (Å²) in [5.74, 6) is 0.332. The van der Waals surface area contributed by atoms with Crippen LogP contribution in [0.15, 0.2) is 10.8 Å². The molecule has 1 aromatic heterocycles. The van der Waals surface area contributed by atoms with E-state index in [4.69, 9.17) is 9.15 Å². The molecule has 0 aliphatic carbocycles. The van der Waals surface area contributed by atoms with Gasteiger partial charge < -0.3 is 19.8 Å². The Labute approximate surface area is 130 Å². The average molecular weight is 326 g/mol. The second-order valence-electron chi connectivity index (χ2n) is 4.47. The molecule has 0 radical (unpaired) electrons. The van der Waals surface area contributed by atoms with Crippen LogP contribution in [0, 0.1) is 0 Å². The van der Waals surface area contributed by atoms with Gasteiger partial charge in [-0.1, -0.05) is 0 Å². The summed E-state index contributed by atoms with van der Waals surface area (Å²) in [5.41, 5.74) is 0.338. The number of amides is 1. The highest BCUT2D eigenvalue weighted by Crippen LogP contribution is 2.30. The van der Waals surface area contributed by atoms with Crippen molar-refractivity contribution in [2.75, 3.05) is 20.2 Å². The summed E-state index contributed by atoms with van der Waals surface area (Å²) in [5, 5.41) is 5.87. The lowest BCUT2D eigenvalue weighted by Crippen LogP contribution is -2.37. The van der Waals surface area contributed by atoms with E-state index < -0.39 is 0 Å². The third-order valence-corrected chi connectivity index (χ3v) is 3.09. The maximum atomic E-state index is 12.0. The van der Waals surface area contributed by atoms with Gasteiger partial charge in [0, 0.05) is 19.2 Å². The molecule has 1 fully saturated rings. The summed E-state index contributed by atoms with van der Waals surface area (Å²) in [4.78, 5) is 16.0. The van der Waals surface area contributed by atoms with E-state index in [9.17, 15) is 4.79 Å². The predicted octanol–water partition coefficient (Wildman–Crippen LogP) is 1.71. The largest absolute Gasteiger partial charge is 0.445 e. The number of carbonyl (C=O) groups excluding carboxylic acids is 1. The van der Waals surface area contributed by atoms with Gasteiger partial charge >= 0.3 is 0 Å². The van der Waals surface area contributed by atoms with Gasteiger partial charge in [-0.15, -0.1) is 24.8 Å². The first-order valence-corrected chi connectivity index (χ1v) is 6.22. The zero-order valence-corrected chi connectivity index (χ0v) is 13.2. The normalized spacial score (nSPS) is 18.8. The molecule has 2 rings (SSSR count). The van der Waals surface area contributed by atoms with Crippen molar-refractivity contribution in [2.24, 2.45) is 0 Å². The molecule has 0 bridgehead atoms. The standard InChI is InChI=1S/C12H19N3O3.2ClH/c1-8(13-2)6-14-12(16)10-11(18-7-15-10)9-4-3-5-17-9;;/h7-9,13H,3-6H2,1-2H3,(H,14,16);2*1H. The Morgan fingerprint density at radius 1 is 1.55 bits per heavy atom. The van der Waals surface area contributed by atoms with Crippen LogP contribution < -0.4 is 10.6 Å². The van der Waals surface area contributed by atoms with Crippen molar-refractivity contribution in [1.82, 2.24) is 15.6 Å². The minimum absolute atomic E-state index is 0. The number of hydrogen-bond acceptors (Lipinski definition) is 5. The van der Waals surface area contributed by atoms with Crippen molar-refractivity contribution >= 4 is 30.7 Å². The van der Waals surface area contributed by atoms with E-state index in [1.54, 1.807) is 0 Å². The smallest absolute Gasteiger partial charge is 0.273 e. The van der Waals surface area contributed by atoms with Gasteiger partial charge in [0.05, 0.1) is 0 Å². The van der Waals surface area contributed by atoms with E-state index in [1.165, 1.54) is 6.39 Å². The molecule has 2 heterocycles. The molecule has 1 aromatic rings. The monoisotopic (exact) mass is 325 g/mol. The predicted molar refractivity (Wildman–Crippen MR) is 79.8 cm³/mol. The number of oxazole rings is 1. The number of nitrogens with one attached hydrogen (secondary N) is 2. The van der Waals surface area contributed by atoms with Crippen molar-refractivity contribution in [3.8, 4) is 0 Å². The van der Waals surface area contributed by atoms with Crippen LogP contribution in [0.5, 0.6) is 0 Å². The van der Waals surface area contributed by atoms with Gasteiger partial charge in [-0.25, -0.2) is 4.98 Å². The molecule has 2 atom stereocenters. The molecule has 2 unspecified atom stereocenters. The molecule has 1 amide bonds. The van der Waals surface area contributed by atoms with Crippen molar-refractivity contribution in [3.63, 3.8) is 0 Å². The number of aromatic nitrogens is 1. The van der Waals surface area contributed by atoms with Crippen molar-refractivity contribution < 1.29 is 13.9 Å². The van der Waals surface area contributed by atoms with E-state index in [1.807, 2.05) is 14.0 Å². The fourth-order valence-electron chi connectivity index (χ4n) is 1.87. The number of nitrogens with zero attached hydrogens (tertiary/aromatic N) is 1. The Bertz CT molecular complexity index is 408. The van der Waals surface area contributed by atoms with Crippen molar-refractivity contribution in [1.29, 1.82) is 0 Å². The first-order valence-electron chi connectivity index (χ1n) is 6.22. The lowest BCUT2D eigenvalue weighted by molar-refractivity contribution is 0.0860. The minimum Gasteiger partial charge on any atom is -0.445 e. The van der Waals surface area contributed by atoms with E-state index >= 15 is 0 Å². The molecule has 1 aliphatic rings. The summed E-state index contributed by atoms with van der Waals surface area (Å²) >= 11 is 0. The summed E-state index contributed by atoms with van der Waals surface area (Å²) in [6.07, 6.45) is 3.04. The van der Waals surface area contributed by atoms with E-state index in [0.717, 1.165) is 12.8 Å². The third kappa shape index (κ3) is 4.63. The quantitative estimate of drug-likeness (QED) is 0.861. The van der Waals surface area contributed by atoms with Crippen LogP contribution >= 0.6 is 24.8 Å². The Morgan fingerprint density at radius 2 is 2.30 bits per heavy atom. The highest BCUT2D eigenvalue weighted by Gasteiger charge is 2.27. The van der Waals surface area contributed by atoms with Crippen LogP contribution in [0.1, 0.15) is 42.1 Å². The summed E-state index contributed by atoms with van der Waals surface area (Å²) < 4.78 is 10.8. The molecule has 0 spiro atoms. The highest BCUT2D eigenvalue weighted by atomic mass is 35.5. The molecule has 2 N–H and O–H groups in total. The summed E-state index contributed by atoms with van der Waals surface area (Å²) in [6.45, 7) is 3.25. The van der Waals surface area contributed by atoms with Crippen molar-refractivity contribution in [2.45, 2.75) is 31.9 Å². The number of carbonyl (C=O) groups is 1. The topological polar surface area (TPSA) is 76.4 Å². The Morgan fingerprint density at radius 3 is 2.90 bits per heavy atom. The fraction of sp³-hybridized carbons (Fsp3) is 0.667. The molecule has 6 nitrogen and oxygen atoms in total. The number of hydrogen-bond donors (Lipinski definition) is 2. The zero-order valence-electron chi connectivity index (χ0n) is 11.5. The molecule has 1 saturated heterocycles. The lowest BCUT2D eigenvalue weighted by Gasteiger charge is -2.11. The minimum atomic E-state index is -0.212. The maximum Gasteiger partial charge on any atom is 0.273 e. The van der Waals surface area contributed by atoms with Crippen molar-refractivity contribution in [3.05, 3.63) is 17.8 Å². The first kappa shape index (κ1) is 19.2. The number of rotatable bonds is 5. The first-order chi connectivity index (χ1) is 8.72. The van der Waals surface area contributed by atoms with Crippen LogP contribution in [0.25, 0.3) is 0 Å². The summed E-state index contributed by atoms with van der Waals surface area (Å²) in [7, 11) is 1.85. The average Bonchev–Trinajstić information content (AvgIpc) is 3.04. The zero-order chi connectivity index (χ0) is 13.0. The molecule has 1 aliphatic heterocycles. The molecule has 116 valence electrons. The summed E-state index contributed by atoms with van der Waals surface area (Å²) in [6, 6.07) is 0.215. The lowest BCUT2D eigenvalue weighted by atomic mass is 10.1. The second kappa shape index (κ2) is 9.18. The van der Waals surface area contributed by atoms with Gasteiger partial charge in [-0.3, -0.25) is 4.79 Å². The van der Waals surface area contributed by atoms with Gasteiger partial charge in [0.1, 0.15) is 6.10 Å². The van der Waals surface area contributed by atoms with Crippen LogP contribution in [0.2, 0.25) is 0 Å². The van der Waals surface area contributed by atoms with E-state index in [-0.39, 0.29) is 42.9 Å². The number of halogens is 2. The van der Waals surface area contributed by atoms with E-state index in [2.05, 4.69) is 15.6 Å². The molecular weight excluding hydrogens is 305 g/mol. The van der Waals surface area contributed by atoms with Gasteiger partial charge in [0.25, 0.3) is 5.91 Å². The molecule has 0 saturated carbocycles. The van der Waals surface area contributed by atoms with Gasteiger partial charge in [0.2, 0.25) is 0 Å². The molecule has 8 heteroatoms. The van der Waals surface area contributed by atoms with Gasteiger partial charge in [-0.05, 0) is 26.8 Å². The Hall–Kier alpha value is -0.820. The third-order valence-electron chi connectivity index (χ3n) is 3.09. The molecule has 20 heavy (non-hydrogen) atoms. The Balaban J connectivity index is 0.00000180. The Kier molecular flexibility index (Phi) is 8.80. The van der Waals surface area contributed by atoms with Crippen LogP contribution in [0.4, 0.5) is 0 Å². The highest BCUT2D eigenvalue weighted by molar-refractivity contribution is 5.93. The molecule has 0 aromatic carbocycles. The fourth-order valence-corrected chi connectivity index (χ4v) is 1.87. The number of likely N-dealkylation sites (N-methyl/N-ethyl adjacent to an activating group) is 1. The van der Waals surface area contributed by atoms with Gasteiger partial charge in [-0.2, -0.15) is 0 Å². The van der Waals surface area contributed by atoms with Crippen LogP contribution in [-0.4, -0.2) is 37.1 Å². The molecular formula is C12H21Cl2N3O3. The second-order valence-corrected chi connectivity index (χ2v) is 4.47. The maximum absolute atomic E-state index is 12.0. The number of ether oxygens (including phenoxy) is 1. The van der Waals surface area contributed by atoms with Crippen LogP contribution in [0.3, 0.4) is 0 Å². The van der Waals surface area contributed by atoms with E-state index in [0.29, 0.717) is 24.6 Å².